The lowest BCUT2D eigenvalue weighted by Gasteiger charge is -2.12. The van der Waals surface area contributed by atoms with E-state index in [0.29, 0.717) is 18.1 Å². The Labute approximate surface area is 156 Å². The normalized spacial score (nSPS) is 11.0. The molecule has 2 N–H and O–H groups in total. The van der Waals surface area contributed by atoms with Gasteiger partial charge in [0.1, 0.15) is 5.82 Å². The van der Waals surface area contributed by atoms with Crippen LogP contribution in [0.2, 0.25) is 0 Å². The molecule has 120 valence electrons. The average molecular weight is 490 g/mol. The van der Waals surface area contributed by atoms with E-state index in [1.807, 2.05) is 11.8 Å². The Morgan fingerprint density at radius 2 is 2.10 bits per heavy atom. The number of hydrogen-bond acceptors (Lipinski definition) is 2. The van der Waals surface area contributed by atoms with Crippen molar-refractivity contribution < 1.29 is 4.39 Å². The zero-order chi connectivity index (χ0) is 14.8. The second kappa shape index (κ2) is 12.5. The summed E-state index contributed by atoms with van der Waals surface area (Å²) in [6, 6.07) is 4.92. The van der Waals surface area contributed by atoms with Gasteiger partial charge in [-0.3, -0.25) is 4.99 Å². The third-order valence-electron chi connectivity index (χ3n) is 2.75. The monoisotopic (exact) mass is 489 g/mol. The van der Waals surface area contributed by atoms with Gasteiger partial charge in [-0.25, -0.2) is 4.39 Å². The molecule has 0 fully saturated rings. The summed E-state index contributed by atoms with van der Waals surface area (Å²) in [7, 11) is 1.72. The highest BCUT2D eigenvalue weighted by Crippen LogP contribution is 2.15. The first-order valence-electron chi connectivity index (χ1n) is 6.54. The summed E-state index contributed by atoms with van der Waals surface area (Å²) in [5.74, 6) is 1.67. The van der Waals surface area contributed by atoms with E-state index in [-0.39, 0.29) is 29.8 Å². The lowest BCUT2D eigenvalue weighted by molar-refractivity contribution is 0.604. The van der Waals surface area contributed by atoms with Gasteiger partial charge >= 0.3 is 0 Å². The molecular formula is C14H22BrFIN3S. The number of nitrogens with one attached hydrogen (secondary N) is 2. The first-order chi connectivity index (χ1) is 9.67. The zero-order valence-corrected chi connectivity index (χ0v) is 17.0. The second-order valence-electron chi connectivity index (χ2n) is 4.29. The summed E-state index contributed by atoms with van der Waals surface area (Å²) in [5.41, 5.74) is 0.615. The van der Waals surface area contributed by atoms with Gasteiger partial charge in [-0.05, 0) is 43.0 Å². The Kier molecular flexibility index (Phi) is 12.5. The first-order valence-corrected chi connectivity index (χ1v) is 8.73. The van der Waals surface area contributed by atoms with Crippen LogP contribution in [0.25, 0.3) is 0 Å². The highest BCUT2D eigenvalue weighted by atomic mass is 127. The van der Waals surface area contributed by atoms with E-state index in [1.165, 1.54) is 18.2 Å². The molecule has 0 aromatic heterocycles. The van der Waals surface area contributed by atoms with E-state index in [1.54, 1.807) is 19.2 Å². The van der Waals surface area contributed by atoms with E-state index in [2.05, 4.69) is 37.8 Å². The summed E-state index contributed by atoms with van der Waals surface area (Å²) >= 11 is 5.20. The molecule has 21 heavy (non-hydrogen) atoms. The molecule has 7 heteroatoms. The summed E-state index contributed by atoms with van der Waals surface area (Å²) in [4.78, 5) is 4.13. The quantitative estimate of drug-likeness (QED) is 0.263. The van der Waals surface area contributed by atoms with Crippen molar-refractivity contribution in [1.29, 1.82) is 0 Å². The number of thioether (sulfide) groups is 1. The summed E-state index contributed by atoms with van der Waals surface area (Å²) in [6.45, 7) is 1.29. The molecule has 0 saturated carbocycles. The second-order valence-corrected chi connectivity index (χ2v) is 6.19. The van der Waals surface area contributed by atoms with Gasteiger partial charge in [0, 0.05) is 30.2 Å². The van der Waals surface area contributed by atoms with Crippen LogP contribution >= 0.6 is 51.7 Å². The maximum atomic E-state index is 13.6. The van der Waals surface area contributed by atoms with Crippen LogP contribution in [0.1, 0.15) is 18.4 Å². The van der Waals surface area contributed by atoms with Crippen molar-refractivity contribution in [2.24, 2.45) is 4.99 Å². The number of hydrogen-bond donors (Lipinski definition) is 2. The molecular weight excluding hydrogens is 468 g/mol. The predicted octanol–water partition coefficient (Wildman–Crippen LogP) is 4.01. The van der Waals surface area contributed by atoms with Crippen LogP contribution in [-0.2, 0) is 6.54 Å². The number of aliphatic imine (C=N–C) groups is 1. The maximum Gasteiger partial charge on any atom is 0.191 e. The summed E-state index contributed by atoms with van der Waals surface area (Å²) in [6.07, 6.45) is 4.40. The molecule has 0 aliphatic carbocycles. The lowest BCUT2D eigenvalue weighted by Crippen LogP contribution is -2.37. The van der Waals surface area contributed by atoms with Gasteiger partial charge < -0.3 is 10.6 Å². The van der Waals surface area contributed by atoms with E-state index >= 15 is 0 Å². The first kappa shape index (κ1) is 21.0. The largest absolute Gasteiger partial charge is 0.356 e. The lowest BCUT2D eigenvalue weighted by atomic mass is 10.2. The molecule has 0 unspecified atom stereocenters. The highest BCUT2D eigenvalue weighted by Gasteiger charge is 2.04. The molecule has 3 nitrogen and oxygen atoms in total. The number of benzene rings is 1. The van der Waals surface area contributed by atoms with Gasteiger partial charge in [0.05, 0.1) is 0 Å². The van der Waals surface area contributed by atoms with Crippen LogP contribution < -0.4 is 10.6 Å². The Hall–Kier alpha value is -0.0200. The van der Waals surface area contributed by atoms with Crippen molar-refractivity contribution in [3.63, 3.8) is 0 Å². The van der Waals surface area contributed by atoms with Crippen LogP contribution in [-0.4, -0.2) is 31.6 Å². The molecule has 0 radical (unpaired) electrons. The maximum absolute atomic E-state index is 13.6. The van der Waals surface area contributed by atoms with Gasteiger partial charge in [-0.1, -0.05) is 15.9 Å². The topological polar surface area (TPSA) is 36.4 Å². The Morgan fingerprint density at radius 1 is 1.33 bits per heavy atom. The number of guanidine groups is 1. The molecule has 1 rings (SSSR count). The molecule has 1 aromatic carbocycles. The van der Waals surface area contributed by atoms with Crippen LogP contribution in [0.3, 0.4) is 0 Å². The van der Waals surface area contributed by atoms with Crippen molar-refractivity contribution in [3.8, 4) is 0 Å². The molecule has 0 aliphatic rings. The number of nitrogens with zero attached hydrogens (tertiary/aromatic N) is 1. The minimum atomic E-state index is -0.212. The standard InChI is InChI=1S/C14H21BrFN3S.HI/c1-17-14(18-7-3-4-8-20-2)19-10-11-9-12(15)5-6-13(11)16;/h5-6,9H,3-4,7-8,10H2,1-2H3,(H2,17,18,19);1H. The van der Waals surface area contributed by atoms with Crippen molar-refractivity contribution in [2.45, 2.75) is 19.4 Å². The molecule has 0 aliphatic heterocycles. The van der Waals surface area contributed by atoms with Gasteiger partial charge in [0.2, 0.25) is 0 Å². The highest BCUT2D eigenvalue weighted by molar-refractivity contribution is 14.0. The fourth-order valence-electron chi connectivity index (χ4n) is 1.66. The van der Waals surface area contributed by atoms with E-state index in [9.17, 15) is 4.39 Å². The molecule has 0 spiro atoms. The zero-order valence-electron chi connectivity index (χ0n) is 12.3. The minimum absolute atomic E-state index is 0. The minimum Gasteiger partial charge on any atom is -0.356 e. The van der Waals surface area contributed by atoms with Crippen molar-refractivity contribution in [2.75, 3.05) is 25.6 Å². The van der Waals surface area contributed by atoms with Crippen LogP contribution in [0, 0.1) is 5.82 Å². The third-order valence-corrected chi connectivity index (χ3v) is 3.94. The van der Waals surface area contributed by atoms with Crippen LogP contribution in [0.15, 0.2) is 27.7 Å². The van der Waals surface area contributed by atoms with Gasteiger partial charge in [0.15, 0.2) is 5.96 Å². The fourth-order valence-corrected chi connectivity index (χ4v) is 2.56. The SMILES string of the molecule is CN=C(NCCCCSC)NCc1cc(Br)ccc1F.I. The smallest absolute Gasteiger partial charge is 0.191 e. The van der Waals surface area contributed by atoms with Crippen molar-refractivity contribution in [3.05, 3.63) is 34.1 Å². The molecule has 0 atom stereocenters. The average Bonchev–Trinajstić information content (AvgIpc) is 2.45. The molecule has 0 heterocycles. The molecule has 0 saturated heterocycles. The number of unbranched alkanes of at least 4 members (excludes halogenated alkanes) is 1. The van der Waals surface area contributed by atoms with E-state index in [0.717, 1.165) is 17.4 Å². The van der Waals surface area contributed by atoms with E-state index < -0.39 is 0 Å². The Morgan fingerprint density at radius 3 is 2.76 bits per heavy atom. The predicted molar refractivity (Wildman–Crippen MR) is 105 cm³/mol. The van der Waals surface area contributed by atoms with Crippen molar-refractivity contribution in [1.82, 2.24) is 10.6 Å². The molecule has 0 amide bonds. The summed E-state index contributed by atoms with van der Waals surface area (Å²) in [5, 5.41) is 6.35. The number of rotatable bonds is 7. The Balaban J connectivity index is 0.00000400. The molecule has 1 aromatic rings. The van der Waals surface area contributed by atoms with Gasteiger partial charge in [-0.15, -0.1) is 24.0 Å². The Bertz CT molecular complexity index is 446. The third kappa shape index (κ3) is 8.87. The number of halogens is 3. The van der Waals surface area contributed by atoms with E-state index in [4.69, 9.17) is 0 Å². The summed E-state index contributed by atoms with van der Waals surface area (Å²) < 4.78 is 14.5. The molecule has 0 bridgehead atoms. The van der Waals surface area contributed by atoms with Crippen LogP contribution in [0.4, 0.5) is 4.39 Å². The fraction of sp³-hybridized carbons (Fsp3) is 0.500. The van der Waals surface area contributed by atoms with Crippen molar-refractivity contribution >= 4 is 57.6 Å². The van der Waals surface area contributed by atoms with Crippen LogP contribution in [0.5, 0.6) is 0 Å². The van der Waals surface area contributed by atoms with Gasteiger partial charge in [0.25, 0.3) is 0 Å². The van der Waals surface area contributed by atoms with Gasteiger partial charge in [-0.2, -0.15) is 11.8 Å².